The molecular formula is C30H21N5. The van der Waals surface area contributed by atoms with E-state index in [1.54, 1.807) is 6.20 Å². The van der Waals surface area contributed by atoms with Gasteiger partial charge < -0.3 is 0 Å². The molecular weight excluding hydrogens is 430 g/mol. The lowest BCUT2D eigenvalue weighted by Crippen LogP contribution is -2.20. The van der Waals surface area contributed by atoms with E-state index in [4.69, 9.17) is 9.97 Å². The molecule has 166 valence electrons. The van der Waals surface area contributed by atoms with Crippen molar-refractivity contribution in [2.75, 3.05) is 0 Å². The van der Waals surface area contributed by atoms with Gasteiger partial charge in [-0.3, -0.25) is 4.57 Å². The van der Waals surface area contributed by atoms with E-state index in [2.05, 4.69) is 50.9 Å². The molecule has 0 unspecified atom stereocenters. The number of aromatic nitrogens is 4. The van der Waals surface area contributed by atoms with E-state index < -0.39 is 0 Å². The Morgan fingerprint density at radius 3 is 1.80 bits per heavy atom. The summed E-state index contributed by atoms with van der Waals surface area (Å²) < 4.78 is 2.16. The van der Waals surface area contributed by atoms with Gasteiger partial charge in [0.25, 0.3) is 5.62 Å². The molecule has 2 aliphatic rings. The van der Waals surface area contributed by atoms with Crippen LogP contribution in [0.25, 0.3) is 39.7 Å². The summed E-state index contributed by atoms with van der Waals surface area (Å²) in [5.41, 5.74) is 6.77. The number of para-hydroxylation sites is 2. The lowest BCUT2D eigenvalue weighted by Gasteiger charge is -2.22. The summed E-state index contributed by atoms with van der Waals surface area (Å²) in [6.45, 7) is 0. The molecule has 5 heteroatoms. The summed E-state index contributed by atoms with van der Waals surface area (Å²) in [4.78, 5) is 19.1. The second-order valence-corrected chi connectivity index (χ2v) is 8.04. The van der Waals surface area contributed by atoms with Crippen molar-refractivity contribution >= 4 is 5.69 Å². The van der Waals surface area contributed by atoms with E-state index in [0.29, 0.717) is 17.1 Å². The normalized spacial score (nSPS) is 11.6. The van der Waals surface area contributed by atoms with Crippen molar-refractivity contribution in [2.45, 2.75) is 0 Å². The fraction of sp³-hybridized carbons (Fsp3) is 0. The van der Waals surface area contributed by atoms with Gasteiger partial charge >= 0.3 is 0 Å². The summed E-state index contributed by atoms with van der Waals surface area (Å²) in [7, 11) is 0. The Bertz CT molecular complexity index is 1610. The smallest absolute Gasteiger partial charge is 0.252 e. The Morgan fingerprint density at radius 2 is 1.14 bits per heavy atom. The van der Waals surface area contributed by atoms with Crippen molar-refractivity contribution in [3.8, 4) is 39.7 Å². The third kappa shape index (κ3) is 4.11. The number of fused-ring (bicyclic) bond motifs is 1. The van der Waals surface area contributed by atoms with Crippen LogP contribution in [0.4, 0.5) is 5.69 Å². The Balaban J connectivity index is 1.74. The zero-order valence-electron chi connectivity index (χ0n) is 18.9. The number of nitrogens with zero attached hydrogens (tertiary/aromatic N) is 5. The Morgan fingerprint density at radius 1 is 0.571 bits per heavy atom. The standard InChI is InChI=1S/C30H21N5/c1-5-13-22(14-6-1)27-28(23-15-7-2-8-16-23)35(25-19-11-4-12-20-25)29-26(33-27)21-31-30(34-29)32-24-17-9-3-10-18-24/h1-21H. The van der Waals surface area contributed by atoms with Gasteiger partial charge in [0.2, 0.25) is 0 Å². The summed E-state index contributed by atoms with van der Waals surface area (Å²) in [5.74, 6) is 0.694. The number of rotatable bonds is 4. The highest BCUT2D eigenvalue weighted by atomic mass is 15.1. The van der Waals surface area contributed by atoms with Gasteiger partial charge in [0.05, 0.1) is 23.3 Å². The molecule has 0 atom stereocenters. The molecule has 4 aromatic rings. The summed E-state index contributed by atoms with van der Waals surface area (Å²) >= 11 is 0. The minimum Gasteiger partial charge on any atom is -0.290 e. The molecule has 0 saturated heterocycles. The number of hydrogen-bond acceptors (Lipinski definition) is 4. The van der Waals surface area contributed by atoms with Crippen LogP contribution in [0, 0.1) is 0 Å². The average Bonchev–Trinajstić information content (AvgIpc) is 2.94. The summed E-state index contributed by atoms with van der Waals surface area (Å²) in [6.07, 6.45) is 1.75. The summed E-state index contributed by atoms with van der Waals surface area (Å²) in [6, 6.07) is 40.5. The maximum Gasteiger partial charge on any atom is 0.252 e. The van der Waals surface area contributed by atoms with Crippen LogP contribution in [-0.4, -0.2) is 19.5 Å². The molecule has 0 aromatic heterocycles. The molecule has 2 aliphatic heterocycles. The minimum absolute atomic E-state index is 0.390. The average molecular weight is 452 g/mol. The molecule has 2 heterocycles. The highest BCUT2D eigenvalue weighted by Gasteiger charge is 2.22. The molecule has 4 aromatic carbocycles. The molecule has 0 fully saturated rings. The highest BCUT2D eigenvalue weighted by molar-refractivity contribution is 5.83. The third-order valence-corrected chi connectivity index (χ3v) is 5.72. The largest absolute Gasteiger partial charge is 0.290 e. The van der Waals surface area contributed by atoms with Crippen LogP contribution in [0.2, 0.25) is 0 Å². The quantitative estimate of drug-likeness (QED) is 0.315. The number of benzene rings is 4. The van der Waals surface area contributed by atoms with Crippen LogP contribution in [-0.2, 0) is 0 Å². The SMILES string of the molecule is c1ccc(N=c2ncc3nc(-c4ccccc4)c(-c4ccccc4)n(-c4ccccc4)c-3n2)cc1. The van der Waals surface area contributed by atoms with Crippen LogP contribution in [0.15, 0.2) is 133 Å². The zero-order valence-corrected chi connectivity index (χ0v) is 18.9. The Hall–Kier alpha value is -4.90. The first-order chi connectivity index (χ1) is 17.4. The molecule has 0 N–H and O–H groups in total. The van der Waals surface area contributed by atoms with Gasteiger partial charge in [-0.05, 0) is 24.3 Å². The second-order valence-electron chi connectivity index (χ2n) is 8.04. The topological polar surface area (TPSA) is 56.0 Å². The third-order valence-electron chi connectivity index (χ3n) is 5.72. The van der Waals surface area contributed by atoms with Crippen LogP contribution in [0.1, 0.15) is 0 Å². The lowest BCUT2D eigenvalue weighted by atomic mass is 10.0. The van der Waals surface area contributed by atoms with E-state index in [1.807, 2.05) is 84.9 Å². The predicted molar refractivity (Wildman–Crippen MR) is 138 cm³/mol. The van der Waals surface area contributed by atoms with Crippen LogP contribution in [0.3, 0.4) is 0 Å². The molecule has 0 radical (unpaired) electrons. The highest BCUT2D eigenvalue weighted by Crippen LogP contribution is 2.36. The van der Waals surface area contributed by atoms with Crippen molar-refractivity contribution in [3.63, 3.8) is 0 Å². The molecule has 0 amide bonds. The summed E-state index contributed by atoms with van der Waals surface area (Å²) in [5, 5.41) is 0. The molecule has 0 spiro atoms. The molecule has 35 heavy (non-hydrogen) atoms. The van der Waals surface area contributed by atoms with Crippen molar-refractivity contribution in [3.05, 3.63) is 133 Å². The van der Waals surface area contributed by atoms with Gasteiger partial charge in [0, 0.05) is 16.8 Å². The second kappa shape index (κ2) is 9.15. The molecule has 0 saturated carbocycles. The van der Waals surface area contributed by atoms with Crippen LogP contribution >= 0.6 is 0 Å². The van der Waals surface area contributed by atoms with Gasteiger partial charge in [-0.1, -0.05) is 97.1 Å². The lowest BCUT2D eigenvalue weighted by molar-refractivity contribution is 0.910. The van der Waals surface area contributed by atoms with Gasteiger partial charge in [0.1, 0.15) is 5.69 Å². The van der Waals surface area contributed by atoms with Crippen molar-refractivity contribution < 1.29 is 0 Å². The maximum atomic E-state index is 5.07. The predicted octanol–water partition coefficient (Wildman–Crippen LogP) is 6.33. The van der Waals surface area contributed by atoms with Crippen LogP contribution in [0.5, 0.6) is 0 Å². The Kier molecular flexibility index (Phi) is 5.41. The van der Waals surface area contributed by atoms with E-state index in [0.717, 1.165) is 33.9 Å². The molecule has 0 aliphatic carbocycles. The fourth-order valence-electron chi connectivity index (χ4n) is 4.15. The fourth-order valence-corrected chi connectivity index (χ4v) is 4.15. The van der Waals surface area contributed by atoms with Gasteiger partial charge in [-0.25, -0.2) is 15.0 Å². The van der Waals surface area contributed by atoms with E-state index in [1.165, 1.54) is 0 Å². The van der Waals surface area contributed by atoms with Crippen molar-refractivity contribution in [1.29, 1.82) is 0 Å². The van der Waals surface area contributed by atoms with Crippen LogP contribution < -0.4 is 5.62 Å². The first kappa shape index (κ1) is 20.7. The van der Waals surface area contributed by atoms with E-state index >= 15 is 0 Å². The number of hydrogen-bond donors (Lipinski definition) is 0. The maximum absolute atomic E-state index is 5.07. The zero-order chi connectivity index (χ0) is 23.5. The first-order valence-electron chi connectivity index (χ1n) is 11.4. The van der Waals surface area contributed by atoms with Crippen molar-refractivity contribution in [1.82, 2.24) is 19.5 Å². The van der Waals surface area contributed by atoms with Gasteiger partial charge in [0.15, 0.2) is 5.82 Å². The van der Waals surface area contributed by atoms with Gasteiger partial charge in [-0.2, -0.15) is 4.98 Å². The molecule has 0 bridgehead atoms. The first-order valence-corrected chi connectivity index (χ1v) is 11.4. The minimum atomic E-state index is 0.390. The molecule has 5 nitrogen and oxygen atoms in total. The molecule has 6 rings (SSSR count). The van der Waals surface area contributed by atoms with Gasteiger partial charge in [-0.15, -0.1) is 0 Å². The van der Waals surface area contributed by atoms with E-state index in [-0.39, 0.29) is 0 Å². The van der Waals surface area contributed by atoms with E-state index in [9.17, 15) is 0 Å². The monoisotopic (exact) mass is 451 g/mol. The Labute approximate surface area is 203 Å². The van der Waals surface area contributed by atoms with Crippen molar-refractivity contribution in [2.24, 2.45) is 4.99 Å².